The van der Waals surface area contributed by atoms with Gasteiger partial charge in [-0.2, -0.15) is 0 Å². The van der Waals surface area contributed by atoms with Crippen molar-refractivity contribution in [1.29, 1.82) is 0 Å². The van der Waals surface area contributed by atoms with E-state index < -0.39 is 0 Å². The van der Waals surface area contributed by atoms with E-state index >= 15 is 0 Å². The molecule has 0 aliphatic carbocycles. The minimum absolute atomic E-state index is 1.10. The summed E-state index contributed by atoms with van der Waals surface area (Å²) < 4.78 is 0. The van der Waals surface area contributed by atoms with Crippen LogP contribution in [0.25, 0.3) is 0 Å². The maximum Gasteiger partial charge on any atom is 0.0166 e. The average Bonchev–Trinajstić information content (AvgIpc) is 2.07. The van der Waals surface area contributed by atoms with Crippen LogP contribution >= 0.6 is 0 Å². The molecule has 1 aliphatic rings. The molecule has 0 unspecified atom stereocenters. The molecular weight excluding hydrogens is 134 g/mol. The second-order valence-electron chi connectivity index (χ2n) is 3.03. The summed E-state index contributed by atoms with van der Waals surface area (Å²) in [5.41, 5.74) is 0. The lowest BCUT2D eigenvalue weighted by Gasteiger charge is -2.24. The number of allylic oxidation sites excluding steroid dienone is 2. The van der Waals surface area contributed by atoms with Crippen molar-refractivity contribution in [3.63, 3.8) is 0 Å². The van der Waals surface area contributed by atoms with Crippen molar-refractivity contribution in [2.75, 3.05) is 19.6 Å². The second kappa shape index (κ2) is 5.14. The van der Waals surface area contributed by atoms with E-state index in [1.165, 1.54) is 32.4 Å². The molecule has 0 aromatic rings. The van der Waals surface area contributed by atoms with Crippen LogP contribution in [0.2, 0.25) is 0 Å². The maximum atomic E-state index is 3.64. The number of nitrogens with zero attached hydrogens (tertiary/aromatic N) is 1. The molecule has 0 spiro atoms. The van der Waals surface area contributed by atoms with Gasteiger partial charge >= 0.3 is 0 Å². The fraction of sp³-hybridized carbons (Fsp3) is 0.600. The molecule has 1 rings (SSSR count). The monoisotopic (exact) mass is 151 g/mol. The zero-order valence-electron chi connectivity index (χ0n) is 7.13. The van der Waals surface area contributed by atoms with Gasteiger partial charge in [-0.15, -0.1) is 0 Å². The van der Waals surface area contributed by atoms with Gasteiger partial charge in [0.05, 0.1) is 0 Å². The van der Waals surface area contributed by atoms with Crippen molar-refractivity contribution in [3.8, 4) is 0 Å². The highest BCUT2D eigenvalue weighted by Gasteiger charge is 2.06. The van der Waals surface area contributed by atoms with Crippen molar-refractivity contribution in [2.24, 2.45) is 0 Å². The van der Waals surface area contributed by atoms with Gasteiger partial charge in [-0.3, -0.25) is 4.90 Å². The third-order valence-corrected chi connectivity index (χ3v) is 2.08. The highest BCUT2D eigenvalue weighted by Crippen LogP contribution is 2.07. The van der Waals surface area contributed by atoms with Gasteiger partial charge in [0.1, 0.15) is 0 Å². The highest BCUT2D eigenvalue weighted by atomic mass is 15.1. The molecule has 0 amide bonds. The summed E-state index contributed by atoms with van der Waals surface area (Å²) in [6.45, 7) is 7.30. The second-order valence-corrected chi connectivity index (χ2v) is 3.03. The molecular formula is C10H17N. The summed E-state index contributed by atoms with van der Waals surface area (Å²) >= 11 is 0. The van der Waals surface area contributed by atoms with Gasteiger partial charge in [0.15, 0.2) is 0 Å². The summed E-state index contributed by atoms with van der Waals surface area (Å²) in [5, 5.41) is 0. The molecule has 0 aromatic carbocycles. The van der Waals surface area contributed by atoms with E-state index in [0.29, 0.717) is 0 Å². The minimum Gasteiger partial charge on any atom is -0.300 e. The first-order valence-corrected chi connectivity index (χ1v) is 4.43. The van der Waals surface area contributed by atoms with E-state index in [0.717, 1.165) is 6.54 Å². The van der Waals surface area contributed by atoms with Gasteiger partial charge in [-0.25, -0.2) is 0 Å². The summed E-state index contributed by atoms with van der Waals surface area (Å²) in [5.74, 6) is 0. The lowest BCUT2D eigenvalue weighted by Crippen LogP contribution is -2.29. The SMILES string of the molecule is C=CC=CCN1CCCCC1. The lowest BCUT2D eigenvalue weighted by atomic mass is 10.1. The van der Waals surface area contributed by atoms with Crippen molar-refractivity contribution in [3.05, 3.63) is 24.8 Å². The Bertz CT molecular complexity index is 132. The molecule has 1 nitrogen and oxygen atoms in total. The quantitative estimate of drug-likeness (QED) is 0.559. The average molecular weight is 151 g/mol. The predicted molar refractivity (Wildman–Crippen MR) is 49.6 cm³/mol. The molecule has 0 aromatic heterocycles. The van der Waals surface area contributed by atoms with Crippen molar-refractivity contribution >= 4 is 0 Å². The number of likely N-dealkylation sites (tertiary alicyclic amines) is 1. The molecule has 11 heavy (non-hydrogen) atoms. The standard InChI is InChI=1S/C10H17N/c1-2-3-5-8-11-9-6-4-7-10-11/h2-3,5H,1,4,6-10H2. The van der Waals surface area contributed by atoms with E-state index in [1.807, 2.05) is 12.2 Å². The van der Waals surface area contributed by atoms with Gasteiger partial charge in [0.25, 0.3) is 0 Å². The normalized spacial score (nSPS) is 20.7. The Labute approximate surface area is 69.4 Å². The van der Waals surface area contributed by atoms with E-state index in [1.54, 1.807) is 0 Å². The van der Waals surface area contributed by atoms with Crippen LogP contribution in [0.1, 0.15) is 19.3 Å². The van der Waals surface area contributed by atoms with Crippen LogP contribution in [-0.4, -0.2) is 24.5 Å². The smallest absolute Gasteiger partial charge is 0.0166 e. The molecule has 1 heterocycles. The first kappa shape index (κ1) is 8.54. The zero-order valence-corrected chi connectivity index (χ0v) is 7.13. The van der Waals surface area contributed by atoms with E-state index in [2.05, 4.69) is 17.6 Å². The van der Waals surface area contributed by atoms with E-state index in [-0.39, 0.29) is 0 Å². The predicted octanol–water partition coefficient (Wildman–Crippen LogP) is 2.21. The molecule has 1 aliphatic heterocycles. The number of hydrogen-bond donors (Lipinski definition) is 0. The Morgan fingerprint density at radius 3 is 2.55 bits per heavy atom. The van der Waals surface area contributed by atoms with Gasteiger partial charge < -0.3 is 0 Å². The van der Waals surface area contributed by atoms with Gasteiger partial charge in [0.2, 0.25) is 0 Å². The molecule has 0 bridgehead atoms. The summed E-state index contributed by atoms with van der Waals surface area (Å²) in [7, 11) is 0. The highest BCUT2D eigenvalue weighted by molar-refractivity contribution is 4.98. The van der Waals surface area contributed by atoms with E-state index in [9.17, 15) is 0 Å². The Morgan fingerprint density at radius 2 is 1.91 bits per heavy atom. The number of piperidine rings is 1. The molecule has 1 saturated heterocycles. The number of rotatable bonds is 3. The first-order valence-electron chi connectivity index (χ1n) is 4.43. The van der Waals surface area contributed by atoms with Crippen molar-refractivity contribution in [2.45, 2.75) is 19.3 Å². The Morgan fingerprint density at radius 1 is 1.18 bits per heavy atom. The Hall–Kier alpha value is -0.560. The number of hydrogen-bond acceptors (Lipinski definition) is 1. The topological polar surface area (TPSA) is 3.24 Å². The Kier molecular flexibility index (Phi) is 3.99. The van der Waals surface area contributed by atoms with Crippen LogP contribution in [0.15, 0.2) is 24.8 Å². The fourth-order valence-electron chi connectivity index (χ4n) is 1.45. The lowest BCUT2D eigenvalue weighted by molar-refractivity contribution is 0.251. The largest absolute Gasteiger partial charge is 0.300 e. The molecule has 1 heteroatoms. The van der Waals surface area contributed by atoms with Gasteiger partial charge in [-0.1, -0.05) is 31.2 Å². The third-order valence-electron chi connectivity index (χ3n) is 2.08. The molecule has 0 saturated carbocycles. The van der Waals surface area contributed by atoms with Crippen LogP contribution in [0.5, 0.6) is 0 Å². The van der Waals surface area contributed by atoms with Crippen LogP contribution in [-0.2, 0) is 0 Å². The summed E-state index contributed by atoms with van der Waals surface area (Å²) in [6.07, 6.45) is 10.2. The summed E-state index contributed by atoms with van der Waals surface area (Å²) in [4.78, 5) is 2.49. The summed E-state index contributed by atoms with van der Waals surface area (Å²) in [6, 6.07) is 0. The zero-order chi connectivity index (χ0) is 7.94. The molecule has 0 radical (unpaired) electrons. The first-order chi connectivity index (χ1) is 5.43. The van der Waals surface area contributed by atoms with Crippen molar-refractivity contribution < 1.29 is 0 Å². The van der Waals surface area contributed by atoms with Gasteiger partial charge in [-0.05, 0) is 25.9 Å². The third kappa shape index (κ3) is 3.38. The molecule has 0 atom stereocenters. The van der Waals surface area contributed by atoms with E-state index in [4.69, 9.17) is 0 Å². The fourth-order valence-corrected chi connectivity index (χ4v) is 1.45. The molecule has 0 N–H and O–H groups in total. The van der Waals surface area contributed by atoms with Crippen LogP contribution < -0.4 is 0 Å². The Balaban J connectivity index is 2.14. The van der Waals surface area contributed by atoms with Crippen LogP contribution in [0.3, 0.4) is 0 Å². The van der Waals surface area contributed by atoms with Crippen LogP contribution in [0, 0.1) is 0 Å². The maximum absolute atomic E-state index is 3.64. The van der Waals surface area contributed by atoms with Crippen molar-refractivity contribution in [1.82, 2.24) is 4.90 Å². The van der Waals surface area contributed by atoms with Gasteiger partial charge in [0, 0.05) is 6.54 Å². The molecule has 1 fully saturated rings. The molecule has 62 valence electrons. The van der Waals surface area contributed by atoms with Crippen LogP contribution in [0.4, 0.5) is 0 Å². The minimum atomic E-state index is 1.10.